The summed E-state index contributed by atoms with van der Waals surface area (Å²) in [4.78, 5) is 0.584. The highest BCUT2D eigenvalue weighted by molar-refractivity contribution is 7.80. The molecule has 0 atom stereocenters. The Morgan fingerprint density at radius 2 is 1.75 bits per heavy atom. The first-order chi connectivity index (χ1) is 7.33. The van der Waals surface area contributed by atoms with Gasteiger partial charge in [0.1, 0.15) is 0 Å². The predicted octanol–water partition coefficient (Wildman–Crippen LogP) is 3.66. The average molecular weight is 235 g/mol. The molecule has 16 heavy (non-hydrogen) atoms. The van der Waals surface area contributed by atoms with Gasteiger partial charge in [-0.05, 0) is 23.5 Å². The van der Waals surface area contributed by atoms with Crippen LogP contribution in [-0.2, 0) is 6.42 Å². The molecule has 1 nitrogen and oxygen atoms in total. The van der Waals surface area contributed by atoms with Gasteiger partial charge in [-0.15, -0.1) is 0 Å². The second-order valence-electron chi connectivity index (χ2n) is 5.32. The second-order valence-corrected chi connectivity index (χ2v) is 5.76. The molecule has 0 saturated heterocycles. The van der Waals surface area contributed by atoms with Gasteiger partial charge in [0.15, 0.2) is 0 Å². The summed E-state index contributed by atoms with van der Waals surface area (Å²) in [5.41, 5.74) is 8.29. The molecule has 0 fully saturated rings. The van der Waals surface area contributed by atoms with Gasteiger partial charge < -0.3 is 5.73 Å². The minimum absolute atomic E-state index is 0.102. The van der Waals surface area contributed by atoms with Gasteiger partial charge in [0.2, 0.25) is 0 Å². The first kappa shape index (κ1) is 13.2. The molecule has 0 aromatic heterocycles. The van der Waals surface area contributed by atoms with Crippen molar-refractivity contribution in [1.29, 1.82) is 0 Å². The van der Waals surface area contributed by atoms with E-state index in [2.05, 4.69) is 52.0 Å². The lowest BCUT2D eigenvalue weighted by molar-refractivity contribution is 0.523. The zero-order chi connectivity index (χ0) is 12.3. The van der Waals surface area contributed by atoms with Crippen molar-refractivity contribution in [3.05, 3.63) is 35.4 Å². The molecule has 2 N–H and O–H groups in total. The molecule has 1 aromatic carbocycles. The van der Waals surface area contributed by atoms with Crippen LogP contribution in [0.4, 0.5) is 0 Å². The molecule has 0 heterocycles. The molecule has 88 valence electrons. The molecule has 0 amide bonds. The number of rotatable bonds is 4. The maximum Gasteiger partial charge on any atom is 0.0787 e. The van der Waals surface area contributed by atoms with E-state index in [9.17, 15) is 0 Å². The third-order valence-corrected chi connectivity index (χ3v) is 3.51. The Hall–Kier alpha value is -0.890. The van der Waals surface area contributed by atoms with Gasteiger partial charge in [-0.1, -0.05) is 64.2 Å². The average Bonchev–Trinajstić information content (AvgIpc) is 2.17. The molecule has 0 radical (unpaired) electrons. The lowest BCUT2D eigenvalue weighted by atomic mass is 9.85. The molecule has 1 rings (SSSR count). The summed E-state index contributed by atoms with van der Waals surface area (Å²) < 4.78 is 0. The zero-order valence-electron chi connectivity index (χ0n) is 10.6. The van der Waals surface area contributed by atoms with Gasteiger partial charge >= 0.3 is 0 Å². The van der Waals surface area contributed by atoms with E-state index >= 15 is 0 Å². The standard InChI is InChI=1S/C14H21NS/c1-10(2)12-7-5-11(6-8-12)9-14(3,4)13(15)16/h5-8,10H,9H2,1-4H3,(H2,15,16). The highest BCUT2D eigenvalue weighted by Crippen LogP contribution is 2.23. The van der Waals surface area contributed by atoms with Gasteiger partial charge in [0.05, 0.1) is 4.99 Å². The Kier molecular flexibility index (Phi) is 4.09. The Bertz CT molecular complexity index is 363. The topological polar surface area (TPSA) is 26.0 Å². The van der Waals surface area contributed by atoms with Crippen LogP contribution in [0.25, 0.3) is 0 Å². The van der Waals surface area contributed by atoms with Crippen molar-refractivity contribution >= 4 is 17.2 Å². The Labute approximate surface area is 104 Å². The van der Waals surface area contributed by atoms with Gasteiger partial charge in [-0.2, -0.15) is 0 Å². The Morgan fingerprint density at radius 3 is 2.12 bits per heavy atom. The summed E-state index contributed by atoms with van der Waals surface area (Å²) in [5, 5.41) is 0. The molecular formula is C14H21NS. The smallest absolute Gasteiger partial charge is 0.0787 e. The minimum atomic E-state index is -0.102. The molecule has 2 heteroatoms. The third-order valence-electron chi connectivity index (χ3n) is 2.96. The molecule has 0 aliphatic rings. The summed E-state index contributed by atoms with van der Waals surface area (Å²) in [5.74, 6) is 0.581. The van der Waals surface area contributed by atoms with Crippen molar-refractivity contribution < 1.29 is 0 Å². The lowest BCUT2D eigenvalue weighted by Crippen LogP contribution is -2.31. The summed E-state index contributed by atoms with van der Waals surface area (Å²) in [6.07, 6.45) is 0.903. The van der Waals surface area contributed by atoms with E-state index in [4.69, 9.17) is 18.0 Å². The number of hydrogen-bond acceptors (Lipinski definition) is 1. The van der Waals surface area contributed by atoms with Crippen LogP contribution in [0.5, 0.6) is 0 Å². The van der Waals surface area contributed by atoms with Crippen molar-refractivity contribution in [2.45, 2.75) is 40.0 Å². The van der Waals surface area contributed by atoms with Gasteiger partial charge in [0.25, 0.3) is 0 Å². The van der Waals surface area contributed by atoms with Crippen molar-refractivity contribution in [1.82, 2.24) is 0 Å². The molecule has 0 bridgehead atoms. The van der Waals surface area contributed by atoms with Crippen LogP contribution >= 0.6 is 12.2 Å². The van der Waals surface area contributed by atoms with Crippen LogP contribution in [0.2, 0.25) is 0 Å². The van der Waals surface area contributed by atoms with E-state index in [1.54, 1.807) is 0 Å². The van der Waals surface area contributed by atoms with E-state index in [1.807, 2.05) is 0 Å². The molecule has 0 saturated carbocycles. The van der Waals surface area contributed by atoms with Crippen LogP contribution < -0.4 is 5.73 Å². The van der Waals surface area contributed by atoms with Crippen LogP contribution in [0.15, 0.2) is 24.3 Å². The molecule has 0 aliphatic heterocycles. The number of nitrogens with two attached hydrogens (primary N) is 1. The van der Waals surface area contributed by atoms with Crippen LogP contribution in [0.3, 0.4) is 0 Å². The van der Waals surface area contributed by atoms with E-state index < -0.39 is 0 Å². The maximum atomic E-state index is 5.73. The van der Waals surface area contributed by atoms with Crippen molar-refractivity contribution in [2.75, 3.05) is 0 Å². The monoisotopic (exact) mass is 235 g/mol. The van der Waals surface area contributed by atoms with E-state index in [-0.39, 0.29) is 5.41 Å². The Morgan fingerprint density at radius 1 is 1.25 bits per heavy atom. The fourth-order valence-electron chi connectivity index (χ4n) is 1.62. The highest BCUT2D eigenvalue weighted by Gasteiger charge is 2.21. The first-order valence-corrected chi connectivity index (χ1v) is 6.12. The largest absolute Gasteiger partial charge is 0.393 e. The molecular weight excluding hydrogens is 214 g/mol. The third kappa shape index (κ3) is 3.31. The predicted molar refractivity (Wildman–Crippen MR) is 74.8 cm³/mol. The van der Waals surface area contributed by atoms with Crippen molar-refractivity contribution in [3.8, 4) is 0 Å². The Balaban J connectivity index is 2.80. The fourth-order valence-corrected chi connectivity index (χ4v) is 1.69. The van der Waals surface area contributed by atoms with Crippen LogP contribution in [0, 0.1) is 5.41 Å². The molecule has 1 aromatic rings. The van der Waals surface area contributed by atoms with Crippen molar-refractivity contribution in [3.63, 3.8) is 0 Å². The molecule has 0 unspecified atom stereocenters. The number of thiocarbonyl (C=S) groups is 1. The van der Waals surface area contributed by atoms with Gasteiger partial charge in [-0.25, -0.2) is 0 Å². The van der Waals surface area contributed by atoms with Crippen molar-refractivity contribution in [2.24, 2.45) is 11.1 Å². The van der Waals surface area contributed by atoms with Crippen LogP contribution in [-0.4, -0.2) is 4.99 Å². The molecule has 0 spiro atoms. The molecule has 0 aliphatic carbocycles. The van der Waals surface area contributed by atoms with Gasteiger partial charge in [-0.3, -0.25) is 0 Å². The van der Waals surface area contributed by atoms with E-state index in [1.165, 1.54) is 11.1 Å². The summed E-state index contributed by atoms with van der Waals surface area (Å²) >= 11 is 5.08. The summed E-state index contributed by atoms with van der Waals surface area (Å²) in [6, 6.07) is 8.73. The second kappa shape index (κ2) is 4.96. The fraction of sp³-hybridized carbons (Fsp3) is 0.500. The summed E-state index contributed by atoms with van der Waals surface area (Å²) in [7, 11) is 0. The first-order valence-electron chi connectivity index (χ1n) is 5.71. The lowest BCUT2D eigenvalue weighted by Gasteiger charge is -2.23. The van der Waals surface area contributed by atoms with Crippen LogP contribution in [0.1, 0.15) is 44.7 Å². The summed E-state index contributed by atoms with van der Waals surface area (Å²) in [6.45, 7) is 8.58. The quantitative estimate of drug-likeness (QED) is 0.806. The maximum absolute atomic E-state index is 5.73. The number of benzene rings is 1. The van der Waals surface area contributed by atoms with E-state index in [0.717, 1.165) is 6.42 Å². The normalized spacial score (nSPS) is 11.8. The minimum Gasteiger partial charge on any atom is -0.393 e. The number of hydrogen-bond donors (Lipinski definition) is 1. The zero-order valence-corrected chi connectivity index (χ0v) is 11.4. The highest BCUT2D eigenvalue weighted by atomic mass is 32.1. The van der Waals surface area contributed by atoms with Gasteiger partial charge in [0, 0.05) is 5.41 Å². The van der Waals surface area contributed by atoms with E-state index in [0.29, 0.717) is 10.9 Å². The SMILES string of the molecule is CC(C)c1ccc(CC(C)(C)C(N)=S)cc1.